The highest BCUT2D eigenvalue weighted by Crippen LogP contribution is 2.29. The zero-order valence-corrected chi connectivity index (χ0v) is 16.2. The van der Waals surface area contributed by atoms with Crippen LogP contribution in [0.1, 0.15) is 31.8 Å². The third-order valence-corrected chi connectivity index (χ3v) is 4.83. The Hall–Kier alpha value is -2.87. The molecule has 0 spiro atoms. The fourth-order valence-corrected chi connectivity index (χ4v) is 3.28. The molecule has 0 bridgehead atoms. The number of ketones is 1. The number of amides is 1. The first kappa shape index (κ1) is 20.4. The van der Waals surface area contributed by atoms with Crippen LogP contribution in [0.2, 0.25) is 0 Å². The Balaban J connectivity index is 1.97. The Bertz CT molecular complexity index is 807. The van der Waals surface area contributed by atoms with Crippen molar-refractivity contribution in [1.82, 2.24) is 5.32 Å². The largest absolute Gasteiger partial charge is 0.496 e. The van der Waals surface area contributed by atoms with Crippen LogP contribution < -0.4 is 14.8 Å². The minimum atomic E-state index is -0.694. The van der Waals surface area contributed by atoms with Crippen LogP contribution in [0.25, 0.3) is 0 Å². The molecule has 0 atom stereocenters. The summed E-state index contributed by atoms with van der Waals surface area (Å²) in [5.74, 6) is -0.471. The molecule has 1 N–H and O–H groups in total. The lowest BCUT2D eigenvalue weighted by atomic mass is 10.2. The molecule has 27 heavy (non-hydrogen) atoms. The number of rotatable bonds is 9. The molecular weight excluding hydrogens is 370 g/mol. The number of nitrogens with one attached hydrogen (secondary N) is 1. The number of benzene rings is 1. The van der Waals surface area contributed by atoms with Crippen molar-refractivity contribution < 1.29 is 28.6 Å². The second-order valence-electron chi connectivity index (χ2n) is 5.54. The lowest BCUT2D eigenvalue weighted by molar-refractivity contribution is -0.118. The first-order valence-corrected chi connectivity index (χ1v) is 9.02. The predicted octanol–water partition coefficient (Wildman–Crippen LogP) is 2.48. The highest BCUT2D eigenvalue weighted by atomic mass is 32.1. The summed E-state index contributed by atoms with van der Waals surface area (Å²) in [5, 5.41) is 2.70. The third-order valence-electron chi connectivity index (χ3n) is 3.65. The molecule has 0 aliphatic rings. The molecule has 0 fully saturated rings. The van der Waals surface area contributed by atoms with E-state index in [1.54, 1.807) is 24.3 Å². The fraction of sp³-hybridized carbons (Fsp3) is 0.316. The Morgan fingerprint density at radius 3 is 2.30 bits per heavy atom. The van der Waals surface area contributed by atoms with Gasteiger partial charge >= 0.3 is 5.97 Å². The van der Waals surface area contributed by atoms with Gasteiger partial charge in [0.05, 0.1) is 19.1 Å². The van der Waals surface area contributed by atoms with Crippen molar-refractivity contribution in [3.63, 3.8) is 0 Å². The number of hydrogen-bond acceptors (Lipinski definition) is 7. The molecule has 144 valence electrons. The van der Waals surface area contributed by atoms with Crippen molar-refractivity contribution in [3.8, 4) is 11.5 Å². The molecule has 7 nitrogen and oxygen atoms in total. The molecule has 1 amide bonds. The Morgan fingerprint density at radius 1 is 1.04 bits per heavy atom. The summed E-state index contributed by atoms with van der Waals surface area (Å²) < 4.78 is 15.5. The maximum atomic E-state index is 12.4. The van der Waals surface area contributed by atoms with E-state index in [1.807, 2.05) is 6.07 Å². The van der Waals surface area contributed by atoms with Gasteiger partial charge in [-0.2, -0.15) is 0 Å². The minimum Gasteiger partial charge on any atom is -0.496 e. The van der Waals surface area contributed by atoms with Crippen molar-refractivity contribution in [2.45, 2.75) is 13.3 Å². The van der Waals surface area contributed by atoms with Crippen LogP contribution in [0.5, 0.6) is 11.5 Å². The monoisotopic (exact) mass is 391 g/mol. The second-order valence-corrected chi connectivity index (χ2v) is 6.70. The first-order valence-electron chi connectivity index (χ1n) is 8.20. The van der Waals surface area contributed by atoms with Crippen LogP contribution in [0.3, 0.4) is 0 Å². The van der Waals surface area contributed by atoms with Gasteiger partial charge in [-0.3, -0.25) is 9.59 Å². The minimum absolute atomic E-state index is 0.0958. The number of Topliss-reactive ketones (excluding diaryl/α,β-unsaturated/α-hetero) is 1. The predicted molar refractivity (Wildman–Crippen MR) is 101 cm³/mol. The number of methoxy groups -OCH3 is 2. The van der Waals surface area contributed by atoms with Crippen LogP contribution in [0, 0.1) is 0 Å². The number of carbonyl (C=O) groups excluding carboxylic acids is 3. The molecule has 0 unspecified atom stereocenters. The number of hydrogen-bond donors (Lipinski definition) is 1. The summed E-state index contributed by atoms with van der Waals surface area (Å²) >= 11 is 1.31. The molecule has 1 aromatic heterocycles. The van der Waals surface area contributed by atoms with E-state index in [0.717, 1.165) is 4.88 Å². The summed E-state index contributed by atoms with van der Waals surface area (Å²) in [6.45, 7) is 1.58. The van der Waals surface area contributed by atoms with Crippen molar-refractivity contribution >= 4 is 29.0 Å². The highest BCUT2D eigenvalue weighted by Gasteiger charge is 2.21. The van der Waals surface area contributed by atoms with Crippen LogP contribution >= 0.6 is 11.3 Å². The smallest absolute Gasteiger partial charge is 0.346 e. The summed E-state index contributed by atoms with van der Waals surface area (Å²) in [4.78, 5) is 37.0. The van der Waals surface area contributed by atoms with Crippen LogP contribution in [0.4, 0.5) is 0 Å². The molecule has 2 aromatic rings. The van der Waals surface area contributed by atoms with Gasteiger partial charge in [0, 0.05) is 18.3 Å². The molecule has 0 aliphatic heterocycles. The number of ether oxygens (including phenoxy) is 3. The van der Waals surface area contributed by atoms with E-state index in [4.69, 9.17) is 14.2 Å². The summed E-state index contributed by atoms with van der Waals surface area (Å²) in [6.07, 6.45) is 0.635. The summed E-state index contributed by atoms with van der Waals surface area (Å²) in [6, 6.07) is 8.43. The summed E-state index contributed by atoms with van der Waals surface area (Å²) in [5.41, 5.74) is 0.137. The summed E-state index contributed by atoms with van der Waals surface area (Å²) in [7, 11) is 2.87. The van der Waals surface area contributed by atoms with E-state index in [9.17, 15) is 14.4 Å². The normalized spacial score (nSPS) is 10.2. The van der Waals surface area contributed by atoms with Gasteiger partial charge in [-0.15, -0.1) is 11.3 Å². The number of thiophene rings is 1. The van der Waals surface area contributed by atoms with E-state index in [1.165, 1.54) is 32.5 Å². The maximum absolute atomic E-state index is 12.4. The van der Waals surface area contributed by atoms with Crippen molar-refractivity contribution in [2.24, 2.45) is 0 Å². The van der Waals surface area contributed by atoms with Gasteiger partial charge in [0.2, 0.25) is 11.7 Å². The van der Waals surface area contributed by atoms with Crippen LogP contribution in [-0.2, 0) is 16.0 Å². The van der Waals surface area contributed by atoms with Gasteiger partial charge in [-0.05, 0) is 30.7 Å². The molecule has 2 rings (SSSR count). The van der Waals surface area contributed by atoms with E-state index in [2.05, 4.69) is 5.32 Å². The van der Waals surface area contributed by atoms with Gasteiger partial charge in [0.25, 0.3) is 0 Å². The van der Waals surface area contributed by atoms with Gasteiger partial charge in [-0.1, -0.05) is 6.07 Å². The average molecular weight is 391 g/mol. The number of carbonyl (C=O) groups is 3. The molecule has 0 aliphatic carbocycles. The van der Waals surface area contributed by atoms with Crippen molar-refractivity contribution in [1.29, 1.82) is 0 Å². The molecule has 0 saturated heterocycles. The molecule has 1 aromatic carbocycles. The van der Waals surface area contributed by atoms with Gasteiger partial charge in [0.1, 0.15) is 17.1 Å². The molecule has 0 radical (unpaired) electrons. The lowest BCUT2D eigenvalue weighted by Crippen LogP contribution is -2.22. The van der Waals surface area contributed by atoms with E-state index in [0.29, 0.717) is 29.3 Å². The second kappa shape index (κ2) is 9.72. The Morgan fingerprint density at radius 2 is 1.70 bits per heavy atom. The molecule has 0 saturated carbocycles. The lowest BCUT2D eigenvalue weighted by Gasteiger charge is -2.11. The fourth-order valence-electron chi connectivity index (χ4n) is 2.35. The Kier molecular flexibility index (Phi) is 7.36. The Labute approximate surface area is 161 Å². The van der Waals surface area contributed by atoms with Crippen LogP contribution in [0.15, 0.2) is 30.3 Å². The average Bonchev–Trinajstić information content (AvgIpc) is 3.13. The zero-order chi connectivity index (χ0) is 19.8. The topological polar surface area (TPSA) is 90.9 Å². The standard InChI is InChI=1S/C19H21NO6S/c1-12(21)20-10-9-13-7-8-17(27-13)14(22)11-26-19(23)18-15(24-2)5-4-6-16(18)25-3/h4-8H,9-11H2,1-3H3,(H,20,21). The quantitative estimate of drug-likeness (QED) is 0.522. The van der Waals surface area contributed by atoms with Crippen molar-refractivity contribution in [3.05, 3.63) is 45.6 Å². The molecular formula is C19H21NO6S. The van der Waals surface area contributed by atoms with E-state index < -0.39 is 5.97 Å². The van der Waals surface area contributed by atoms with Gasteiger partial charge in [0.15, 0.2) is 6.61 Å². The molecule has 8 heteroatoms. The first-order chi connectivity index (χ1) is 13.0. The SMILES string of the molecule is COc1cccc(OC)c1C(=O)OCC(=O)c1ccc(CCNC(C)=O)s1. The third kappa shape index (κ3) is 5.55. The van der Waals surface area contributed by atoms with E-state index in [-0.39, 0.29) is 23.9 Å². The van der Waals surface area contributed by atoms with Crippen molar-refractivity contribution in [2.75, 3.05) is 27.4 Å². The zero-order valence-electron chi connectivity index (χ0n) is 15.4. The van der Waals surface area contributed by atoms with Gasteiger partial charge in [-0.25, -0.2) is 4.79 Å². The number of esters is 1. The maximum Gasteiger partial charge on any atom is 0.346 e. The van der Waals surface area contributed by atoms with Gasteiger partial charge < -0.3 is 19.5 Å². The van der Waals surface area contributed by atoms with Crippen LogP contribution in [-0.4, -0.2) is 45.0 Å². The molecule has 1 heterocycles. The highest BCUT2D eigenvalue weighted by molar-refractivity contribution is 7.14. The van der Waals surface area contributed by atoms with E-state index >= 15 is 0 Å².